The molecule has 2 aromatic rings. The average molecular weight is 224 g/mol. The number of fused-ring (bicyclic) bond motifs is 1. The summed E-state index contributed by atoms with van der Waals surface area (Å²) in [6.45, 7) is 0.201. The summed E-state index contributed by atoms with van der Waals surface area (Å²) in [5.41, 5.74) is 6.12. The van der Waals surface area contributed by atoms with E-state index in [0.29, 0.717) is 11.5 Å². The van der Waals surface area contributed by atoms with Crippen molar-refractivity contribution in [1.82, 2.24) is 14.8 Å². The molecular formula is C10H10F2N4. The van der Waals surface area contributed by atoms with Gasteiger partial charge in [0.2, 0.25) is 0 Å². The summed E-state index contributed by atoms with van der Waals surface area (Å²) in [4.78, 5) is 4.10. The van der Waals surface area contributed by atoms with E-state index in [1.807, 2.05) is 0 Å². The molecule has 84 valence electrons. The zero-order chi connectivity index (χ0) is 11.3. The fourth-order valence-corrected chi connectivity index (χ4v) is 1.78. The van der Waals surface area contributed by atoms with E-state index >= 15 is 0 Å². The number of anilines is 1. The van der Waals surface area contributed by atoms with Crippen LogP contribution in [0.2, 0.25) is 0 Å². The highest BCUT2D eigenvalue weighted by atomic mass is 19.3. The number of aromatic nitrogens is 3. The molecule has 1 saturated carbocycles. The smallest absolute Gasteiger partial charge is 0.253 e. The standard InChI is InChI=1S/C10H10F2N4/c11-10(12)3-7(10)5-16-9-6(4-14-16)1-2-8(13)15-9/h1-2,4,7H,3,5H2,(H2,13,15)/t7-/m1/s1. The third-order valence-electron chi connectivity index (χ3n) is 2.86. The van der Waals surface area contributed by atoms with Crippen LogP contribution in [0.25, 0.3) is 11.0 Å². The van der Waals surface area contributed by atoms with Crippen molar-refractivity contribution >= 4 is 16.9 Å². The van der Waals surface area contributed by atoms with Crippen LogP contribution in [0.1, 0.15) is 6.42 Å². The van der Waals surface area contributed by atoms with Crippen LogP contribution in [-0.4, -0.2) is 20.7 Å². The molecule has 4 nitrogen and oxygen atoms in total. The molecule has 0 radical (unpaired) electrons. The lowest BCUT2D eigenvalue weighted by Crippen LogP contribution is -2.07. The normalized spacial score (nSPS) is 22.5. The maximum Gasteiger partial charge on any atom is 0.253 e. The van der Waals surface area contributed by atoms with E-state index in [4.69, 9.17) is 5.73 Å². The molecular weight excluding hydrogens is 214 g/mol. The summed E-state index contributed by atoms with van der Waals surface area (Å²) in [7, 11) is 0. The molecule has 1 fully saturated rings. The molecule has 2 N–H and O–H groups in total. The molecule has 1 aliphatic carbocycles. The fourth-order valence-electron chi connectivity index (χ4n) is 1.78. The zero-order valence-electron chi connectivity index (χ0n) is 8.40. The molecule has 0 spiro atoms. The Labute approximate surface area is 90.1 Å². The van der Waals surface area contributed by atoms with E-state index in [1.165, 1.54) is 4.68 Å². The number of nitrogens with two attached hydrogens (primary N) is 1. The van der Waals surface area contributed by atoms with E-state index in [2.05, 4.69) is 10.1 Å². The van der Waals surface area contributed by atoms with E-state index < -0.39 is 11.8 Å². The number of rotatable bonds is 2. The molecule has 0 amide bonds. The van der Waals surface area contributed by atoms with Gasteiger partial charge in [-0.15, -0.1) is 0 Å². The molecule has 3 rings (SSSR count). The lowest BCUT2D eigenvalue weighted by Gasteiger charge is -2.02. The maximum atomic E-state index is 12.8. The zero-order valence-corrected chi connectivity index (χ0v) is 8.40. The molecule has 0 bridgehead atoms. The molecule has 0 aliphatic heterocycles. The highest BCUT2D eigenvalue weighted by Crippen LogP contribution is 2.49. The van der Waals surface area contributed by atoms with Crippen LogP contribution in [0.4, 0.5) is 14.6 Å². The van der Waals surface area contributed by atoms with Crippen LogP contribution >= 0.6 is 0 Å². The first-order chi connectivity index (χ1) is 7.56. The average Bonchev–Trinajstić information content (AvgIpc) is 2.65. The van der Waals surface area contributed by atoms with Gasteiger partial charge < -0.3 is 5.73 Å². The van der Waals surface area contributed by atoms with Crippen LogP contribution in [0.3, 0.4) is 0 Å². The predicted molar refractivity (Wildman–Crippen MR) is 55.0 cm³/mol. The van der Waals surface area contributed by atoms with Gasteiger partial charge in [-0.3, -0.25) is 0 Å². The van der Waals surface area contributed by atoms with Crippen molar-refractivity contribution in [3.63, 3.8) is 0 Å². The Kier molecular flexibility index (Phi) is 1.72. The predicted octanol–water partition coefficient (Wildman–Crippen LogP) is 1.67. The van der Waals surface area contributed by atoms with Crippen molar-refractivity contribution in [2.75, 3.05) is 5.73 Å². The van der Waals surface area contributed by atoms with Gasteiger partial charge in [-0.05, 0) is 12.1 Å². The van der Waals surface area contributed by atoms with Crippen LogP contribution in [-0.2, 0) is 6.54 Å². The quantitative estimate of drug-likeness (QED) is 0.844. The first kappa shape index (κ1) is 9.50. The van der Waals surface area contributed by atoms with Crippen molar-refractivity contribution < 1.29 is 8.78 Å². The summed E-state index contributed by atoms with van der Waals surface area (Å²) < 4.78 is 27.1. The Balaban J connectivity index is 1.95. The van der Waals surface area contributed by atoms with Gasteiger partial charge in [-0.1, -0.05) is 0 Å². The summed E-state index contributed by atoms with van der Waals surface area (Å²) >= 11 is 0. The highest BCUT2D eigenvalue weighted by molar-refractivity contribution is 5.76. The molecule has 1 atom stereocenters. The van der Waals surface area contributed by atoms with Gasteiger partial charge in [-0.25, -0.2) is 18.4 Å². The summed E-state index contributed by atoms with van der Waals surface area (Å²) in [6, 6.07) is 3.45. The molecule has 2 heterocycles. The van der Waals surface area contributed by atoms with Crippen LogP contribution in [0, 0.1) is 5.92 Å². The first-order valence-corrected chi connectivity index (χ1v) is 5.02. The molecule has 6 heteroatoms. The summed E-state index contributed by atoms with van der Waals surface area (Å²) in [5, 5.41) is 4.87. The largest absolute Gasteiger partial charge is 0.384 e. The van der Waals surface area contributed by atoms with Crippen molar-refractivity contribution in [3.8, 4) is 0 Å². The third-order valence-corrected chi connectivity index (χ3v) is 2.86. The van der Waals surface area contributed by atoms with Gasteiger partial charge in [0, 0.05) is 17.7 Å². The van der Waals surface area contributed by atoms with Gasteiger partial charge in [0.25, 0.3) is 5.92 Å². The number of alkyl halides is 2. The fraction of sp³-hybridized carbons (Fsp3) is 0.400. The lowest BCUT2D eigenvalue weighted by atomic mass is 10.3. The maximum absolute atomic E-state index is 12.8. The SMILES string of the molecule is Nc1ccc2cnn(C[C@H]3CC3(F)F)c2n1. The molecule has 0 aromatic carbocycles. The second kappa shape index (κ2) is 2.90. The van der Waals surface area contributed by atoms with Gasteiger partial charge in [-0.2, -0.15) is 5.10 Å². The summed E-state index contributed by atoms with van der Waals surface area (Å²) in [5.74, 6) is -2.77. The Bertz CT molecular complexity index is 549. The van der Waals surface area contributed by atoms with E-state index in [-0.39, 0.29) is 13.0 Å². The van der Waals surface area contributed by atoms with Crippen LogP contribution in [0.5, 0.6) is 0 Å². The van der Waals surface area contributed by atoms with Crippen molar-refractivity contribution in [3.05, 3.63) is 18.3 Å². The van der Waals surface area contributed by atoms with Crippen molar-refractivity contribution in [2.24, 2.45) is 5.92 Å². The number of hydrogen-bond acceptors (Lipinski definition) is 3. The van der Waals surface area contributed by atoms with E-state index in [1.54, 1.807) is 18.3 Å². The van der Waals surface area contributed by atoms with Crippen LogP contribution in [0.15, 0.2) is 18.3 Å². The Hall–Kier alpha value is -1.72. The Morgan fingerprint density at radius 2 is 2.25 bits per heavy atom. The number of halogens is 2. The number of nitrogens with zero attached hydrogens (tertiary/aromatic N) is 3. The van der Waals surface area contributed by atoms with Gasteiger partial charge in [0.1, 0.15) is 5.82 Å². The Morgan fingerprint density at radius 1 is 1.50 bits per heavy atom. The lowest BCUT2D eigenvalue weighted by molar-refractivity contribution is 0.0945. The van der Waals surface area contributed by atoms with E-state index in [0.717, 1.165) is 5.39 Å². The van der Waals surface area contributed by atoms with Crippen molar-refractivity contribution in [1.29, 1.82) is 0 Å². The number of nitrogen functional groups attached to an aromatic ring is 1. The minimum Gasteiger partial charge on any atom is -0.384 e. The second-order valence-electron chi connectivity index (χ2n) is 4.14. The van der Waals surface area contributed by atoms with E-state index in [9.17, 15) is 8.78 Å². The highest BCUT2D eigenvalue weighted by Gasteiger charge is 2.56. The van der Waals surface area contributed by atoms with Gasteiger partial charge in [0.05, 0.1) is 12.7 Å². The van der Waals surface area contributed by atoms with Crippen LogP contribution < -0.4 is 5.73 Å². The molecule has 1 aliphatic rings. The molecule has 0 saturated heterocycles. The molecule has 2 aromatic heterocycles. The minimum atomic E-state index is -2.53. The monoisotopic (exact) mass is 224 g/mol. The first-order valence-electron chi connectivity index (χ1n) is 5.02. The summed E-state index contributed by atoms with van der Waals surface area (Å²) in [6.07, 6.45) is 1.55. The van der Waals surface area contributed by atoms with Gasteiger partial charge in [0.15, 0.2) is 5.65 Å². The minimum absolute atomic E-state index is 0.0589. The third kappa shape index (κ3) is 1.41. The van der Waals surface area contributed by atoms with Gasteiger partial charge >= 0.3 is 0 Å². The second-order valence-corrected chi connectivity index (χ2v) is 4.14. The number of pyridine rings is 1. The van der Waals surface area contributed by atoms with Crippen molar-refractivity contribution in [2.45, 2.75) is 18.9 Å². The topological polar surface area (TPSA) is 56.7 Å². The Morgan fingerprint density at radius 3 is 2.94 bits per heavy atom. The molecule has 16 heavy (non-hydrogen) atoms. The number of hydrogen-bond donors (Lipinski definition) is 1. The molecule has 0 unspecified atom stereocenters.